The highest BCUT2D eigenvalue weighted by Crippen LogP contribution is 2.48. The number of nitrogens with zero attached hydrogens (tertiary/aromatic N) is 4. The predicted molar refractivity (Wildman–Crippen MR) is 112 cm³/mol. The maximum atomic E-state index is 13.1. The quantitative estimate of drug-likeness (QED) is 0.649. The molecule has 1 aliphatic carbocycles. The Balaban J connectivity index is 1.30. The van der Waals surface area contributed by atoms with E-state index in [1.165, 1.54) is 23.6 Å². The first kappa shape index (κ1) is 20.2. The number of pyridine rings is 1. The number of carbonyl (C=O) groups is 1. The van der Waals surface area contributed by atoms with E-state index in [0.717, 1.165) is 45.9 Å². The van der Waals surface area contributed by atoms with Crippen LogP contribution in [0, 0.1) is 13.8 Å². The Morgan fingerprint density at radius 2 is 1.94 bits per heavy atom. The lowest BCUT2D eigenvalue weighted by molar-refractivity contribution is -0.141. The summed E-state index contributed by atoms with van der Waals surface area (Å²) < 4.78 is 38.0. The molecule has 4 heterocycles. The van der Waals surface area contributed by atoms with Crippen molar-refractivity contribution in [3.05, 3.63) is 45.7 Å². The SMILES string of the molecule is Cc1nnc2sc(C(=O)NC3CN(c4ccc(C(F)(F)F)nc4)C3)c(C3CC3)c2c1C. The Morgan fingerprint density at radius 3 is 2.55 bits per heavy atom. The number of aromatic nitrogens is 3. The number of amides is 1. The highest BCUT2D eigenvalue weighted by molar-refractivity contribution is 7.20. The van der Waals surface area contributed by atoms with Gasteiger partial charge in [0.25, 0.3) is 5.91 Å². The molecule has 0 atom stereocenters. The summed E-state index contributed by atoms with van der Waals surface area (Å²) in [7, 11) is 0. The summed E-state index contributed by atoms with van der Waals surface area (Å²) in [6.45, 7) is 5.00. The minimum absolute atomic E-state index is 0.0685. The van der Waals surface area contributed by atoms with Gasteiger partial charge in [-0.3, -0.25) is 4.79 Å². The lowest BCUT2D eigenvalue weighted by Crippen LogP contribution is -2.59. The van der Waals surface area contributed by atoms with Crippen LogP contribution >= 0.6 is 11.3 Å². The molecule has 1 saturated heterocycles. The molecule has 3 aromatic rings. The molecule has 0 unspecified atom stereocenters. The average Bonchev–Trinajstić information content (AvgIpc) is 3.46. The van der Waals surface area contributed by atoms with Crippen molar-refractivity contribution in [3.8, 4) is 0 Å². The molecule has 2 fully saturated rings. The van der Waals surface area contributed by atoms with Crippen LogP contribution in [0.2, 0.25) is 0 Å². The van der Waals surface area contributed by atoms with Crippen molar-refractivity contribution in [2.45, 2.75) is 44.8 Å². The van der Waals surface area contributed by atoms with E-state index in [1.807, 2.05) is 18.7 Å². The third-order valence-corrected chi connectivity index (χ3v) is 7.04. The van der Waals surface area contributed by atoms with Crippen LogP contribution in [-0.4, -0.2) is 40.2 Å². The van der Waals surface area contributed by atoms with Gasteiger partial charge in [0.15, 0.2) is 0 Å². The number of alkyl halides is 3. The first-order valence-electron chi connectivity index (χ1n) is 10.1. The first-order chi connectivity index (χ1) is 14.7. The number of hydrogen-bond donors (Lipinski definition) is 1. The number of nitrogens with one attached hydrogen (secondary N) is 1. The lowest BCUT2D eigenvalue weighted by Gasteiger charge is -2.41. The van der Waals surface area contributed by atoms with E-state index < -0.39 is 11.9 Å². The number of anilines is 1. The minimum Gasteiger partial charge on any atom is -0.366 e. The second kappa shape index (κ2) is 7.15. The van der Waals surface area contributed by atoms with Gasteiger partial charge in [-0.1, -0.05) is 0 Å². The standard InChI is InChI=1S/C21H20F3N5OS/c1-10-11(2)27-28-20-16(10)17(12-3-4-12)18(31-20)19(30)26-13-8-29(9-13)14-5-6-15(25-7-14)21(22,23)24/h5-7,12-13H,3-4,8-9H2,1-2H3,(H,26,30). The van der Waals surface area contributed by atoms with Gasteiger partial charge >= 0.3 is 6.18 Å². The molecular weight excluding hydrogens is 427 g/mol. The van der Waals surface area contributed by atoms with E-state index >= 15 is 0 Å². The van der Waals surface area contributed by atoms with Crippen LogP contribution in [0.25, 0.3) is 10.2 Å². The summed E-state index contributed by atoms with van der Waals surface area (Å²) in [6, 6.07) is 2.32. The lowest BCUT2D eigenvalue weighted by atomic mass is 10.0. The number of fused-ring (bicyclic) bond motifs is 1. The number of thiophene rings is 1. The summed E-state index contributed by atoms with van der Waals surface area (Å²) in [5.41, 5.74) is 2.75. The van der Waals surface area contributed by atoms with Crippen molar-refractivity contribution in [2.75, 3.05) is 18.0 Å². The fraction of sp³-hybridized carbons (Fsp3) is 0.429. The summed E-state index contributed by atoms with van der Waals surface area (Å²) in [6.07, 6.45) is -1.08. The summed E-state index contributed by atoms with van der Waals surface area (Å²) in [5, 5.41) is 12.6. The van der Waals surface area contributed by atoms with Crippen molar-refractivity contribution >= 4 is 33.1 Å². The van der Waals surface area contributed by atoms with E-state index in [0.29, 0.717) is 29.6 Å². The third kappa shape index (κ3) is 3.62. The molecule has 0 aromatic carbocycles. The molecule has 6 nitrogen and oxygen atoms in total. The number of hydrogen-bond acceptors (Lipinski definition) is 6. The molecule has 1 N–H and O–H groups in total. The molecule has 0 spiro atoms. The van der Waals surface area contributed by atoms with Crippen molar-refractivity contribution < 1.29 is 18.0 Å². The van der Waals surface area contributed by atoms with Gasteiger partial charge in [0.05, 0.1) is 28.5 Å². The van der Waals surface area contributed by atoms with Crippen molar-refractivity contribution in [3.63, 3.8) is 0 Å². The van der Waals surface area contributed by atoms with Crippen LogP contribution in [0.3, 0.4) is 0 Å². The van der Waals surface area contributed by atoms with E-state index in [2.05, 4.69) is 20.5 Å². The van der Waals surface area contributed by atoms with Crippen LogP contribution in [0.4, 0.5) is 18.9 Å². The van der Waals surface area contributed by atoms with Gasteiger partial charge in [0.1, 0.15) is 10.5 Å². The first-order valence-corrected chi connectivity index (χ1v) is 10.9. The number of rotatable bonds is 4. The smallest absolute Gasteiger partial charge is 0.366 e. The zero-order valence-corrected chi connectivity index (χ0v) is 17.8. The second-order valence-electron chi connectivity index (χ2n) is 8.18. The van der Waals surface area contributed by atoms with Gasteiger partial charge in [0.2, 0.25) is 0 Å². The normalized spacial score (nSPS) is 17.1. The van der Waals surface area contributed by atoms with Gasteiger partial charge in [-0.05, 0) is 55.9 Å². The van der Waals surface area contributed by atoms with Gasteiger partial charge in [-0.2, -0.15) is 18.3 Å². The third-order valence-electron chi connectivity index (χ3n) is 5.95. The second-order valence-corrected chi connectivity index (χ2v) is 9.18. The van der Waals surface area contributed by atoms with E-state index in [4.69, 9.17) is 0 Å². The Labute approximate surface area is 180 Å². The largest absolute Gasteiger partial charge is 0.433 e. The van der Waals surface area contributed by atoms with Crippen LogP contribution in [-0.2, 0) is 6.18 Å². The topological polar surface area (TPSA) is 71.0 Å². The fourth-order valence-corrected chi connectivity index (χ4v) is 5.11. The highest BCUT2D eigenvalue weighted by Gasteiger charge is 2.36. The number of carbonyl (C=O) groups excluding carboxylic acids is 1. The number of aryl methyl sites for hydroxylation is 2. The summed E-state index contributed by atoms with van der Waals surface area (Å²) in [5.74, 6) is 0.282. The maximum absolute atomic E-state index is 13.1. The molecule has 5 rings (SSSR count). The Bertz CT molecular complexity index is 1160. The fourth-order valence-electron chi connectivity index (χ4n) is 3.94. The van der Waals surface area contributed by atoms with E-state index in [9.17, 15) is 18.0 Å². The Hall–Kier alpha value is -2.75. The average molecular weight is 447 g/mol. The highest BCUT2D eigenvalue weighted by atomic mass is 32.1. The molecule has 2 aliphatic rings. The number of halogens is 3. The zero-order chi connectivity index (χ0) is 21.9. The molecule has 3 aromatic heterocycles. The molecular formula is C21H20F3N5OS. The van der Waals surface area contributed by atoms with Crippen LogP contribution in [0.1, 0.15) is 50.9 Å². The van der Waals surface area contributed by atoms with Crippen molar-refractivity contribution in [2.24, 2.45) is 0 Å². The Morgan fingerprint density at radius 1 is 1.19 bits per heavy atom. The Kier molecular flexibility index (Phi) is 4.65. The van der Waals surface area contributed by atoms with Gasteiger partial charge in [0, 0.05) is 18.5 Å². The molecule has 31 heavy (non-hydrogen) atoms. The van der Waals surface area contributed by atoms with Crippen LogP contribution < -0.4 is 10.2 Å². The van der Waals surface area contributed by atoms with Crippen LogP contribution in [0.15, 0.2) is 18.3 Å². The van der Waals surface area contributed by atoms with E-state index in [-0.39, 0.29) is 11.9 Å². The predicted octanol–water partition coefficient (Wildman–Crippen LogP) is 4.22. The molecule has 1 aliphatic heterocycles. The summed E-state index contributed by atoms with van der Waals surface area (Å²) in [4.78, 5) is 19.9. The van der Waals surface area contributed by atoms with E-state index in [1.54, 1.807) is 0 Å². The molecule has 1 saturated carbocycles. The molecule has 162 valence electrons. The maximum Gasteiger partial charge on any atom is 0.433 e. The van der Waals surface area contributed by atoms with Gasteiger partial charge in [-0.15, -0.1) is 16.4 Å². The molecule has 0 radical (unpaired) electrons. The summed E-state index contributed by atoms with van der Waals surface area (Å²) >= 11 is 1.39. The van der Waals surface area contributed by atoms with Crippen molar-refractivity contribution in [1.82, 2.24) is 20.5 Å². The molecule has 0 bridgehead atoms. The minimum atomic E-state index is -4.45. The van der Waals surface area contributed by atoms with Crippen LogP contribution in [0.5, 0.6) is 0 Å². The van der Waals surface area contributed by atoms with Gasteiger partial charge in [-0.25, -0.2) is 4.98 Å². The molecule has 10 heteroatoms. The van der Waals surface area contributed by atoms with Gasteiger partial charge < -0.3 is 10.2 Å². The van der Waals surface area contributed by atoms with Crippen molar-refractivity contribution in [1.29, 1.82) is 0 Å². The monoisotopic (exact) mass is 447 g/mol. The molecule has 1 amide bonds. The zero-order valence-electron chi connectivity index (χ0n) is 17.0.